The molecule has 0 N–H and O–H groups in total. The Morgan fingerprint density at radius 3 is 2.38 bits per heavy atom. The van der Waals surface area contributed by atoms with E-state index in [1.165, 1.54) is 6.26 Å². The van der Waals surface area contributed by atoms with E-state index in [0.29, 0.717) is 25.5 Å². The van der Waals surface area contributed by atoms with Crippen molar-refractivity contribution >= 4 is 17.7 Å². The summed E-state index contributed by atoms with van der Waals surface area (Å²) in [7, 11) is 0. The average Bonchev–Trinajstić information content (AvgIpc) is 3.52. The fraction of sp³-hybridized carbons (Fsp3) is 0.571. The summed E-state index contributed by atoms with van der Waals surface area (Å²) >= 11 is 0. The largest absolute Gasteiger partial charge is 0.459 e. The van der Waals surface area contributed by atoms with Crippen molar-refractivity contribution in [3.63, 3.8) is 0 Å². The quantitative estimate of drug-likeness (QED) is 0.406. The van der Waals surface area contributed by atoms with E-state index in [0.717, 1.165) is 37.5 Å². The maximum Gasteiger partial charge on any atom is 0.289 e. The van der Waals surface area contributed by atoms with Crippen LogP contribution in [-0.2, 0) is 14.4 Å². The van der Waals surface area contributed by atoms with Crippen molar-refractivity contribution in [3.8, 4) is 0 Å². The minimum Gasteiger partial charge on any atom is -0.459 e. The number of nitrogens with zero attached hydrogens (tertiary/aromatic N) is 3. The summed E-state index contributed by atoms with van der Waals surface area (Å²) in [5.41, 5.74) is 0. The van der Waals surface area contributed by atoms with Crippen LogP contribution in [0.3, 0.4) is 0 Å². The predicted molar refractivity (Wildman–Crippen MR) is 101 cm³/mol. The normalized spacial score (nSPS) is 31.2. The van der Waals surface area contributed by atoms with E-state index < -0.39 is 0 Å². The number of fused-ring (bicyclic) bond motifs is 5. The third-order valence-corrected chi connectivity index (χ3v) is 6.66. The summed E-state index contributed by atoms with van der Waals surface area (Å²) in [5, 5.41) is 1.03. The van der Waals surface area contributed by atoms with E-state index in [2.05, 4.69) is 17.1 Å². The number of allylic oxidation sites excluding steroid dienone is 2. The minimum absolute atomic E-state index is 0.0713. The van der Waals surface area contributed by atoms with Crippen LogP contribution in [0.1, 0.15) is 23.4 Å². The molecule has 1 aromatic rings. The summed E-state index contributed by atoms with van der Waals surface area (Å²) < 4.78 is 5.18. The monoisotopic (exact) mass is 399 g/mol. The van der Waals surface area contributed by atoms with Crippen molar-refractivity contribution in [1.29, 1.82) is 0 Å². The Morgan fingerprint density at radius 2 is 1.76 bits per heavy atom. The molecule has 5 rings (SSSR count). The molecule has 8 heteroatoms. The molecule has 2 aliphatic heterocycles. The van der Waals surface area contributed by atoms with Gasteiger partial charge in [-0.1, -0.05) is 12.2 Å². The number of hydrogen-bond donors (Lipinski definition) is 0. The van der Waals surface area contributed by atoms with Gasteiger partial charge in [-0.25, -0.2) is 0 Å². The Bertz CT molecular complexity index is 797. The number of rotatable bonds is 6. The van der Waals surface area contributed by atoms with Gasteiger partial charge in [0.05, 0.1) is 24.7 Å². The van der Waals surface area contributed by atoms with Crippen LogP contribution in [0.5, 0.6) is 0 Å². The van der Waals surface area contributed by atoms with Crippen LogP contribution in [0.25, 0.3) is 0 Å². The van der Waals surface area contributed by atoms with Crippen LogP contribution >= 0.6 is 0 Å². The average molecular weight is 399 g/mol. The zero-order chi connectivity index (χ0) is 20.0. The Kier molecular flexibility index (Phi) is 4.75. The maximum absolute atomic E-state index is 12.6. The topological polar surface area (TPSA) is 83.3 Å². The smallest absolute Gasteiger partial charge is 0.289 e. The third kappa shape index (κ3) is 3.20. The highest BCUT2D eigenvalue weighted by Gasteiger charge is 2.60. The standard InChI is InChI=1S/C21H25N3O5/c25-19(16-3-1-11-28-16)23-9-7-22(8-10-23)6-2-12-29-24-20(26)17-14-4-5-15(13-14)18(17)21(24)27/h1,3-5,11,14-15,17-18H,2,6-10,12-13H2/t14-,15+,17?,18?. The van der Waals surface area contributed by atoms with Crippen molar-refractivity contribution in [2.75, 3.05) is 39.3 Å². The lowest BCUT2D eigenvalue weighted by Crippen LogP contribution is -2.49. The van der Waals surface area contributed by atoms with Gasteiger partial charge >= 0.3 is 0 Å². The second-order valence-corrected chi connectivity index (χ2v) is 8.27. The van der Waals surface area contributed by atoms with Crippen LogP contribution in [0, 0.1) is 23.7 Å². The van der Waals surface area contributed by atoms with Gasteiger partial charge in [-0.3, -0.25) is 24.1 Å². The fourth-order valence-corrected chi connectivity index (χ4v) is 5.18. The Hall–Kier alpha value is -2.45. The first-order valence-corrected chi connectivity index (χ1v) is 10.4. The second kappa shape index (κ2) is 7.42. The van der Waals surface area contributed by atoms with E-state index in [1.807, 2.05) is 0 Å². The van der Waals surface area contributed by atoms with E-state index in [9.17, 15) is 14.4 Å². The first kappa shape index (κ1) is 18.6. The summed E-state index contributed by atoms with van der Waals surface area (Å²) in [6.45, 7) is 4.02. The first-order valence-electron chi connectivity index (χ1n) is 10.4. The number of imide groups is 1. The third-order valence-electron chi connectivity index (χ3n) is 6.66. The van der Waals surface area contributed by atoms with Crippen LogP contribution < -0.4 is 0 Å². The zero-order valence-electron chi connectivity index (χ0n) is 16.2. The molecule has 1 saturated carbocycles. The predicted octanol–water partition coefficient (Wildman–Crippen LogP) is 1.17. The van der Waals surface area contributed by atoms with Crippen molar-refractivity contribution in [3.05, 3.63) is 36.3 Å². The van der Waals surface area contributed by atoms with Gasteiger partial charge in [-0.15, -0.1) is 0 Å². The van der Waals surface area contributed by atoms with Gasteiger partial charge in [0.1, 0.15) is 0 Å². The Morgan fingerprint density at radius 1 is 1.07 bits per heavy atom. The molecule has 3 fully saturated rings. The van der Waals surface area contributed by atoms with Crippen molar-refractivity contribution < 1.29 is 23.6 Å². The number of carbonyl (C=O) groups excluding carboxylic acids is 3. The lowest BCUT2D eigenvalue weighted by molar-refractivity contribution is -0.190. The molecule has 0 spiro atoms. The van der Waals surface area contributed by atoms with E-state index in [-0.39, 0.29) is 41.4 Å². The molecule has 2 bridgehead atoms. The zero-order valence-corrected chi connectivity index (χ0v) is 16.2. The van der Waals surface area contributed by atoms with Gasteiger partial charge in [-0.05, 0) is 36.8 Å². The van der Waals surface area contributed by atoms with Crippen molar-refractivity contribution in [1.82, 2.24) is 14.9 Å². The van der Waals surface area contributed by atoms with Gasteiger partial charge in [0.25, 0.3) is 17.7 Å². The molecule has 1 aromatic heterocycles. The molecule has 0 radical (unpaired) electrons. The molecule has 2 aliphatic carbocycles. The maximum atomic E-state index is 12.6. The molecule has 8 nitrogen and oxygen atoms in total. The summed E-state index contributed by atoms with van der Waals surface area (Å²) in [4.78, 5) is 47.1. The van der Waals surface area contributed by atoms with Crippen molar-refractivity contribution in [2.45, 2.75) is 12.8 Å². The minimum atomic E-state index is -0.211. The van der Waals surface area contributed by atoms with Gasteiger partial charge in [0.2, 0.25) is 0 Å². The number of carbonyl (C=O) groups is 3. The molecule has 3 amide bonds. The summed E-state index contributed by atoms with van der Waals surface area (Å²) in [6, 6.07) is 3.40. The highest BCUT2D eigenvalue weighted by molar-refractivity contribution is 6.05. The van der Waals surface area contributed by atoms with Crippen LogP contribution in [0.4, 0.5) is 0 Å². The molecule has 154 valence electrons. The van der Waals surface area contributed by atoms with Gasteiger partial charge < -0.3 is 9.32 Å². The number of amides is 3. The Labute approximate surface area is 169 Å². The molecule has 4 aliphatic rings. The SMILES string of the molecule is O=C(c1ccco1)N1CCN(CCCON2C(=O)C3C(C2=O)[C@H]2C=C[C@@H]3C2)CC1. The second-order valence-electron chi connectivity index (χ2n) is 8.27. The number of hydrogen-bond acceptors (Lipinski definition) is 6. The molecular formula is C21H25N3O5. The molecular weight excluding hydrogens is 374 g/mol. The van der Waals surface area contributed by atoms with Gasteiger partial charge in [-0.2, -0.15) is 5.06 Å². The van der Waals surface area contributed by atoms with Gasteiger partial charge in [0.15, 0.2) is 5.76 Å². The fourth-order valence-electron chi connectivity index (χ4n) is 5.18. The van der Waals surface area contributed by atoms with Crippen LogP contribution in [0.15, 0.2) is 35.0 Å². The molecule has 2 unspecified atom stereocenters. The molecule has 3 heterocycles. The molecule has 2 saturated heterocycles. The molecule has 29 heavy (non-hydrogen) atoms. The van der Waals surface area contributed by atoms with Crippen LogP contribution in [-0.4, -0.2) is 71.9 Å². The highest BCUT2D eigenvalue weighted by atomic mass is 16.7. The van der Waals surface area contributed by atoms with E-state index in [4.69, 9.17) is 9.25 Å². The lowest BCUT2D eigenvalue weighted by Gasteiger charge is -2.34. The number of piperazine rings is 1. The lowest BCUT2D eigenvalue weighted by atomic mass is 9.85. The van der Waals surface area contributed by atoms with Crippen LogP contribution in [0.2, 0.25) is 0 Å². The Balaban J connectivity index is 1.04. The van der Waals surface area contributed by atoms with Gasteiger partial charge in [0, 0.05) is 32.7 Å². The molecule has 4 atom stereocenters. The van der Waals surface area contributed by atoms with Crippen molar-refractivity contribution in [2.24, 2.45) is 23.7 Å². The highest BCUT2D eigenvalue weighted by Crippen LogP contribution is 2.52. The molecule has 0 aromatic carbocycles. The van der Waals surface area contributed by atoms with E-state index in [1.54, 1.807) is 17.0 Å². The first-order chi connectivity index (χ1) is 14.1. The summed E-state index contributed by atoms with van der Waals surface area (Å²) in [6.07, 6.45) is 7.32. The van der Waals surface area contributed by atoms with E-state index >= 15 is 0 Å². The summed E-state index contributed by atoms with van der Waals surface area (Å²) in [5.74, 6) is -0.0397. The number of furan rings is 1. The number of hydroxylamine groups is 2.